The van der Waals surface area contributed by atoms with Crippen molar-refractivity contribution < 1.29 is 19.0 Å². The molecule has 1 rings (SSSR count). The molecule has 1 aromatic rings. The monoisotopic (exact) mass is 340 g/mol. The van der Waals surface area contributed by atoms with Crippen molar-refractivity contribution in [1.82, 2.24) is 0 Å². The van der Waals surface area contributed by atoms with E-state index < -0.39 is 23.9 Å². The topological polar surface area (TPSA) is 84.6 Å². The molecule has 1 atom stereocenters. The SMILES string of the molecule is CCCCCCCCOc1ccc(NC(=O)[C@@](C)(N)CO)cc1F. The Bertz CT molecular complexity index is 521. The summed E-state index contributed by atoms with van der Waals surface area (Å²) in [6.07, 6.45) is 6.84. The molecule has 0 aliphatic carbocycles. The summed E-state index contributed by atoms with van der Waals surface area (Å²) in [5.41, 5.74) is 4.48. The van der Waals surface area contributed by atoms with Gasteiger partial charge >= 0.3 is 0 Å². The zero-order chi connectivity index (χ0) is 18.0. The van der Waals surface area contributed by atoms with Crippen LogP contribution in [0.3, 0.4) is 0 Å². The second-order valence-corrected chi connectivity index (χ2v) is 6.29. The molecule has 0 aliphatic rings. The number of rotatable bonds is 11. The molecule has 6 heteroatoms. The Morgan fingerprint density at radius 3 is 2.58 bits per heavy atom. The lowest BCUT2D eigenvalue weighted by molar-refractivity contribution is -0.121. The van der Waals surface area contributed by atoms with Crippen LogP contribution >= 0.6 is 0 Å². The zero-order valence-electron chi connectivity index (χ0n) is 14.6. The van der Waals surface area contributed by atoms with Gasteiger partial charge in [-0.15, -0.1) is 0 Å². The lowest BCUT2D eigenvalue weighted by Gasteiger charge is -2.20. The van der Waals surface area contributed by atoms with Crippen LogP contribution in [0.4, 0.5) is 10.1 Å². The highest BCUT2D eigenvalue weighted by molar-refractivity contribution is 5.97. The molecule has 0 spiro atoms. The summed E-state index contributed by atoms with van der Waals surface area (Å²) >= 11 is 0. The van der Waals surface area contributed by atoms with Gasteiger partial charge in [-0.05, 0) is 25.5 Å². The minimum Gasteiger partial charge on any atom is -0.491 e. The molecular formula is C18H29FN2O3. The van der Waals surface area contributed by atoms with Gasteiger partial charge in [0.2, 0.25) is 5.91 Å². The molecule has 1 amide bonds. The molecule has 1 aromatic carbocycles. The summed E-state index contributed by atoms with van der Waals surface area (Å²) in [6, 6.07) is 4.21. The van der Waals surface area contributed by atoms with Crippen LogP contribution in [0.15, 0.2) is 18.2 Å². The Morgan fingerprint density at radius 2 is 1.96 bits per heavy atom. The number of aliphatic hydroxyl groups is 1. The Balaban J connectivity index is 2.43. The van der Waals surface area contributed by atoms with E-state index in [1.807, 2.05) is 0 Å². The van der Waals surface area contributed by atoms with Crippen LogP contribution in [0, 0.1) is 5.82 Å². The van der Waals surface area contributed by atoms with Crippen molar-refractivity contribution in [3.63, 3.8) is 0 Å². The van der Waals surface area contributed by atoms with Crippen LogP contribution in [0.1, 0.15) is 52.4 Å². The molecule has 0 aliphatic heterocycles. The van der Waals surface area contributed by atoms with Crippen molar-refractivity contribution in [2.75, 3.05) is 18.5 Å². The number of nitrogens with one attached hydrogen (secondary N) is 1. The average molecular weight is 340 g/mol. The van der Waals surface area contributed by atoms with Crippen LogP contribution < -0.4 is 15.8 Å². The van der Waals surface area contributed by atoms with E-state index >= 15 is 0 Å². The smallest absolute Gasteiger partial charge is 0.246 e. The number of aliphatic hydroxyl groups excluding tert-OH is 1. The van der Waals surface area contributed by atoms with E-state index in [1.54, 1.807) is 6.07 Å². The number of carbonyl (C=O) groups is 1. The minimum absolute atomic E-state index is 0.166. The van der Waals surface area contributed by atoms with E-state index in [-0.39, 0.29) is 11.4 Å². The van der Waals surface area contributed by atoms with Gasteiger partial charge in [0.1, 0.15) is 5.54 Å². The first-order chi connectivity index (χ1) is 11.4. The standard InChI is InChI=1S/C18H29FN2O3/c1-3-4-5-6-7-8-11-24-16-10-9-14(12-15(16)19)21-17(23)18(2,20)13-22/h9-10,12,22H,3-8,11,13,20H2,1-2H3,(H,21,23)/t18-/m0/s1. The molecule has 0 bridgehead atoms. The van der Waals surface area contributed by atoms with Crippen molar-refractivity contribution in [2.24, 2.45) is 5.73 Å². The van der Waals surface area contributed by atoms with Gasteiger partial charge in [-0.2, -0.15) is 0 Å². The number of ether oxygens (including phenoxy) is 1. The number of hydrogen-bond acceptors (Lipinski definition) is 4. The first kappa shape index (κ1) is 20.4. The first-order valence-corrected chi connectivity index (χ1v) is 8.54. The fourth-order valence-electron chi connectivity index (χ4n) is 2.11. The van der Waals surface area contributed by atoms with E-state index in [0.717, 1.165) is 12.8 Å². The molecular weight excluding hydrogens is 311 g/mol. The van der Waals surface area contributed by atoms with E-state index in [0.29, 0.717) is 6.61 Å². The Hall–Kier alpha value is -1.66. The van der Waals surface area contributed by atoms with Crippen LogP contribution in [-0.2, 0) is 4.79 Å². The lowest BCUT2D eigenvalue weighted by atomic mass is 10.0. The summed E-state index contributed by atoms with van der Waals surface area (Å²) in [7, 11) is 0. The van der Waals surface area contributed by atoms with Gasteiger partial charge in [0.15, 0.2) is 11.6 Å². The number of hydrogen-bond donors (Lipinski definition) is 3. The third kappa shape index (κ3) is 6.84. The van der Waals surface area contributed by atoms with Gasteiger partial charge in [0, 0.05) is 11.8 Å². The van der Waals surface area contributed by atoms with Gasteiger partial charge in [-0.3, -0.25) is 4.79 Å². The van der Waals surface area contributed by atoms with Crippen LogP contribution in [0.2, 0.25) is 0 Å². The largest absolute Gasteiger partial charge is 0.491 e. The second kappa shape index (κ2) is 10.3. The number of amides is 1. The highest BCUT2D eigenvalue weighted by Gasteiger charge is 2.27. The summed E-state index contributed by atoms with van der Waals surface area (Å²) < 4.78 is 19.4. The molecule has 0 fully saturated rings. The molecule has 0 radical (unpaired) electrons. The summed E-state index contributed by atoms with van der Waals surface area (Å²) in [4.78, 5) is 11.8. The van der Waals surface area contributed by atoms with Crippen molar-refractivity contribution in [2.45, 2.75) is 57.9 Å². The fraction of sp³-hybridized carbons (Fsp3) is 0.611. The normalized spacial score (nSPS) is 13.4. The number of anilines is 1. The van der Waals surface area contributed by atoms with Gasteiger partial charge in [0.05, 0.1) is 13.2 Å². The maximum atomic E-state index is 14.0. The zero-order valence-corrected chi connectivity index (χ0v) is 14.6. The molecule has 136 valence electrons. The Morgan fingerprint density at radius 1 is 1.29 bits per heavy atom. The highest BCUT2D eigenvalue weighted by atomic mass is 19.1. The van der Waals surface area contributed by atoms with Crippen molar-refractivity contribution in [3.8, 4) is 5.75 Å². The van der Waals surface area contributed by atoms with Crippen molar-refractivity contribution in [1.29, 1.82) is 0 Å². The minimum atomic E-state index is -1.41. The quantitative estimate of drug-likeness (QED) is 0.540. The predicted octanol–water partition coefficient (Wildman–Crippen LogP) is 3.21. The maximum Gasteiger partial charge on any atom is 0.246 e. The third-order valence-electron chi connectivity index (χ3n) is 3.79. The summed E-state index contributed by atoms with van der Waals surface area (Å²) in [5, 5.41) is 11.5. The van der Waals surface area contributed by atoms with Gasteiger partial charge in [0.25, 0.3) is 0 Å². The number of carbonyl (C=O) groups excluding carboxylic acids is 1. The molecule has 0 aromatic heterocycles. The van der Waals surface area contributed by atoms with Gasteiger partial charge in [-0.1, -0.05) is 39.0 Å². The highest BCUT2D eigenvalue weighted by Crippen LogP contribution is 2.22. The molecule has 0 saturated heterocycles. The van der Waals surface area contributed by atoms with Crippen LogP contribution in [-0.4, -0.2) is 29.8 Å². The molecule has 24 heavy (non-hydrogen) atoms. The maximum absolute atomic E-state index is 14.0. The summed E-state index contributed by atoms with van der Waals surface area (Å²) in [6.45, 7) is 3.55. The van der Waals surface area contributed by atoms with Crippen molar-refractivity contribution in [3.05, 3.63) is 24.0 Å². The number of unbranched alkanes of at least 4 members (excludes halogenated alkanes) is 5. The average Bonchev–Trinajstić information content (AvgIpc) is 2.55. The van der Waals surface area contributed by atoms with Gasteiger partial charge < -0.3 is 20.9 Å². The summed E-state index contributed by atoms with van der Waals surface area (Å²) in [5.74, 6) is -0.953. The fourth-order valence-corrected chi connectivity index (χ4v) is 2.11. The number of nitrogens with two attached hydrogens (primary N) is 1. The number of benzene rings is 1. The second-order valence-electron chi connectivity index (χ2n) is 6.29. The molecule has 4 N–H and O–H groups in total. The third-order valence-corrected chi connectivity index (χ3v) is 3.79. The number of halogens is 1. The van der Waals surface area contributed by atoms with Crippen LogP contribution in [0.25, 0.3) is 0 Å². The van der Waals surface area contributed by atoms with E-state index in [9.17, 15) is 9.18 Å². The first-order valence-electron chi connectivity index (χ1n) is 8.54. The molecule has 0 unspecified atom stereocenters. The lowest BCUT2D eigenvalue weighted by Crippen LogP contribution is -2.51. The van der Waals surface area contributed by atoms with E-state index in [2.05, 4.69) is 12.2 Å². The van der Waals surface area contributed by atoms with Crippen LogP contribution in [0.5, 0.6) is 5.75 Å². The predicted molar refractivity (Wildman–Crippen MR) is 93.6 cm³/mol. The molecule has 0 heterocycles. The van der Waals surface area contributed by atoms with Gasteiger partial charge in [-0.25, -0.2) is 4.39 Å². The van der Waals surface area contributed by atoms with E-state index in [4.69, 9.17) is 15.6 Å². The van der Waals surface area contributed by atoms with E-state index in [1.165, 1.54) is 44.7 Å². The molecule has 5 nitrogen and oxygen atoms in total. The Kier molecular flexibility index (Phi) is 8.71. The molecule has 0 saturated carbocycles. The Labute approximate surface area is 143 Å². The van der Waals surface area contributed by atoms with Crippen molar-refractivity contribution >= 4 is 11.6 Å².